The molecule has 26 heavy (non-hydrogen) atoms. The Bertz CT molecular complexity index is 901. The molecule has 0 aliphatic rings. The van der Waals surface area contributed by atoms with Crippen LogP contribution < -0.4 is 0 Å². The number of aromatic hydroxyl groups is 2. The first-order valence-corrected chi connectivity index (χ1v) is 7.31. The zero-order valence-corrected chi connectivity index (χ0v) is 14.0. The average Bonchev–Trinajstić information content (AvgIpc) is 2.64. The monoisotopic (exact) mass is 350 g/mol. The molecule has 0 bridgehead atoms. The molecule has 0 spiro atoms. The summed E-state index contributed by atoms with van der Waals surface area (Å²) in [4.78, 5) is 22.8. The Morgan fingerprint density at radius 3 is 1.46 bits per heavy atom. The summed E-state index contributed by atoms with van der Waals surface area (Å²) >= 11 is 0. The van der Waals surface area contributed by atoms with E-state index >= 15 is 0 Å². The van der Waals surface area contributed by atoms with Crippen molar-refractivity contribution in [3.8, 4) is 35.2 Å². The van der Waals surface area contributed by atoms with Crippen LogP contribution in [0.4, 0.5) is 0 Å². The van der Waals surface area contributed by atoms with Crippen LogP contribution in [0.15, 0.2) is 36.4 Å². The van der Waals surface area contributed by atoms with Crippen molar-refractivity contribution in [1.82, 2.24) is 0 Å². The average molecular weight is 350 g/mol. The minimum absolute atomic E-state index is 0.0466. The predicted octanol–water partition coefficient (Wildman–Crippen LogP) is 2.07. The fourth-order valence-electron chi connectivity index (χ4n) is 1.99. The summed E-state index contributed by atoms with van der Waals surface area (Å²) in [5.41, 5.74) is 1.03. The number of methoxy groups -OCH3 is 2. The van der Waals surface area contributed by atoms with Crippen LogP contribution in [-0.4, -0.2) is 36.4 Å². The van der Waals surface area contributed by atoms with Crippen molar-refractivity contribution in [1.29, 1.82) is 0 Å². The first-order valence-electron chi connectivity index (χ1n) is 7.31. The molecule has 0 aliphatic heterocycles. The Hall–Kier alpha value is -3.90. The second-order valence-corrected chi connectivity index (χ2v) is 4.95. The van der Waals surface area contributed by atoms with Crippen LogP contribution in [0.2, 0.25) is 0 Å². The van der Waals surface area contributed by atoms with Crippen molar-refractivity contribution in [2.75, 3.05) is 14.2 Å². The van der Waals surface area contributed by atoms with E-state index in [2.05, 4.69) is 33.2 Å². The van der Waals surface area contributed by atoms with E-state index in [1.54, 1.807) is 12.1 Å². The van der Waals surface area contributed by atoms with E-state index < -0.39 is 11.9 Å². The maximum atomic E-state index is 11.4. The molecule has 0 aliphatic carbocycles. The molecule has 0 atom stereocenters. The molecule has 0 fully saturated rings. The lowest BCUT2D eigenvalue weighted by Crippen LogP contribution is -2.01. The van der Waals surface area contributed by atoms with Gasteiger partial charge in [0.1, 0.15) is 22.6 Å². The van der Waals surface area contributed by atoms with Gasteiger partial charge >= 0.3 is 11.9 Å². The van der Waals surface area contributed by atoms with Crippen LogP contribution in [-0.2, 0) is 9.47 Å². The third kappa shape index (κ3) is 4.34. The van der Waals surface area contributed by atoms with Gasteiger partial charge in [-0.05, 0) is 48.2 Å². The molecule has 0 saturated heterocycles. The molecule has 0 radical (unpaired) electrons. The highest BCUT2D eigenvalue weighted by molar-refractivity contribution is 5.93. The normalized spacial score (nSPS) is 9.15. The fourth-order valence-corrected chi connectivity index (χ4v) is 1.99. The number of hydrogen-bond donors (Lipinski definition) is 2. The third-order valence-corrected chi connectivity index (χ3v) is 3.28. The van der Waals surface area contributed by atoms with Gasteiger partial charge in [-0.2, -0.15) is 0 Å². The number of benzene rings is 2. The minimum Gasteiger partial charge on any atom is -0.507 e. The highest BCUT2D eigenvalue weighted by Crippen LogP contribution is 2.20. The second-order valence-electron chi connectivity index (χ2n) is 4.95. The Morgan fingerprint density at radius 1 is 0.769 bits per heavy atom. The number of esters is 2. The lowest BCUT2D eigenvalue weighted by atomic mass is 10.1. The van der Waals surface area contributed by atoms with E-state index in [1.165, 1.54) is 38.5 Å². The van der Waals surface area contributed by atoms with Crippen molar-refractivity contribution in [3.63, 3.8) is 0 Å². The van der Waals surface area contributed by atoms with E-state index in [4.69, 9.17) is 0 Å². The number of carbonyl (C=O) groups excluding carboxylic acids is 2. The van der Waals surface area contributed by atoms with Crippen LogP contribution in [0.3, 0.4) is 0 Å². The molecule has 130 valence electrons. The zero-order valence-electron chi connectivity index (χ0n) is 14.0. The first kappa shape index (κ1) is 18.4. The van der Waals surface area contributed by atoms with Crippen LogP contribution >= 0.6 is 0 Å². The molecule has 0 aromatic heterocycles. The Morgan fingerprint density at radius 2 is 1.15 bits per heavy atom. The van der Waals surface area contributed by atoms with Gasteiger partial charge < -0.3 is 19.7 Å². The van der Waals surface area contributed by atoms with Gasteiger partial charge in [-0.1, -0.05) is 11.8 Å². The van der Waals surface area contributed by atoms with Crippen molar-refractivity contribution in [2.45, 2.75) is 0 Å². The van der Waals surface area contributed by atoms with E-state index in [9.17, 15) is 19.8 Å². The predicted molar refractivity (Wildman–Crippen MR) is 92.6 cm³/mol. The molecule has 0 amide bonds. The Kier molecular flexibility index (Phi) is 5.87. The standard InChI is InChI=1S/C20H14O6/c1-25-19(23)15-9-7-13(11-17(15)21)5-3-4-6-14-8-10-16(18(22)12-14)20(24)26-2/h7-12,21-22H,1-2H3. The zero-order chi connectivity index (χ0) is 19.1. The van der Waals surface area contributed by atoms with Crippen LogP contribution in [0.1, 0.15) is 31.8 Å². The minimum atomic E-state index is -0.642. The van der Waals surface area contributed by atoms with Crippen molar-refractivity contribution in [3.05, 3.63) is 58.7 Å². The van der Waals surface area contributed by atoms with E-state index in [0.717, 1.165) is 0 Å². The van der Waals surface area contributed by atoms with Gasteiger partial charge in [-0.15, -0.1) is 0 Å². The molecule has 6 nitrogen and oxygen atoms in total. The summed E-state index contributed by atoms with van der Waals surface area (Å²) in [5, 5.41) is 19.6. The molecule has 0 saturated carbocycles. The molecular weight excluding hydrogens is 336 g/mol. The quantitative estimate of drug-likeness (QED) is 0.636. The molecule has 2 N–H and O–H groups in total. The summed E-state index contributed by atoms with van der Waals surface area (Å²) in [7, 11) is 2.45. The Labute approximate surface area is 150 Å². The van der Waals surface area contributed by atoms with Crippen molar-refractivity contribution in [2.24, 2.45) is 0 Å². The van der Waals surface area contributed by atoms with Gasteiger partial charge in [0.15, 0.2) is 0 Å². The first-order chi connectivity index (χ1) is 12.5. The van der Waals surface area contributed by atoms with Gasteiger partial charge in [0.25, 0.3) is 0 Å². The van der Waals surface area contributed by atoms with Crippen LogP contribution in [0.5, 0.6) is 11.5 Å². The van der Waals surface area contributed by atoms with Gasteiger partial charge in [0.05, 0.1) is 14.2 Å². The lowest BCUT2D eigenvalue weighted by Gasteiger charge is -2.02. The number of hydrogen-bond acceptors (Lipinski definition) is 6. The summed E-state index contributed by atoms with van der Waals surface area (Å²) < 4.78 is 9.08. The third-order valence-electron chi connectivity index (χ3n) is 3.28. The molecular formula is C20H14O6. The smallest absolute Gasteiger partial charge is 0.341 e. The number of phenolic OH excluding ortho intramolecular Hbond substituents is 2. The topological polar surface area (TPSA) is 93.1 Å². The van der Waals surface area contributed by atoms with Gasteiger partial charge in [0, 0.05) is 11.1 Å². The number of ether oxygens (including phenoxy) is 2. The maximum absolute atomic E-state index is 11.4. The highest BCUT2D eigenvalue weighted by Gasteiger charge is 2.11. The van der Waals surface area contributed by atoms with Crippen LogP contribution in [0, 0.1) is 23.7 Å². The SMILES string of the molecule is COC(=O)c1ccc(C#CC#Cc2ccc(C(=O)OC)c(O)c2)cc1O. The van der Waals surface area contributed by atoms with E-state index in [-0.39, 0.29) is 22.6 Å². The molecule has 2 aromatic rings. The number of carbonyl (C=O) groups is 2. The van der Waals surface area contributed by atoms with Gasteiger partial charge in [-0.25, -0.2) is 9.59 Å². The molecule has 0 unspecified atom stereocenters. The number of rotatable bonds is 2. The van der Waals surface area contributed by atoms with Gasteiger partial charge in [0.2, 0.25) is 0 Å². The molecule has 2 aromatic carbocycles. The lowest BCUT2D eigenvalue weighted by molar-refractivity contribution is 0.0588. The van der Waals surface area contributed by atoms with Crippen molar-refractivity contribution >= 4 is 11.9 Å². The summed E-state index contributed by atoms with van der Waals surface area (Å²) in [5.74, 6) is 8.88. The number of phenols is 2. The summed E-state index contributed by atoms with van der Waals surface area (Å²) in [6.45, 7) is 0. The molecule has 6 heteroatoms. The second kappa shape index (κ2) is 8.27. The Balaban J connectivity index is 2.16. The van der Waals surface area contributed by atoms with Gasteiger partial charge in [-0.3, -0.25) is 0 Å². The van der Waals surface area contributed by atoms with Crippen molar-refractivity contribution < 1.29 is 29.3 Å². The molecule has 0 heterocycles. The highest BCUT2D eigenvalue weighted by atomic mass is 16.5. The van der Waals surface area contributed by atoms with E-state index in [1.807, 2.05) is 0 Å². The fraction of sp³-hybridized carbons (Fsp3) is 0.100. The van der Waals surface area contributed by atoms with Crippen LogP contribution in [0.25, 0.3) is 0 Å². The summed E-state index contributed by atoms with van der Waals surface area (Å²) in [6.07, 6.45) is 0. The molecule has 2 rings (SSSR count). The summed E-state index contributed by atoms with van der Waals surface area (Å²) in [6, 6.07) is 8.58. The largest absolute Gasteiger partial charge is 0.507 e. The maximum Gasteiger partial charge on any atom is 0.341 e. The van der Waals surface area contributed by atoms with E-state index in [0.29, 0.717) is 11.1 Å².